The molecule has 0 radical (unpaired) electrons. The molecule has 4 aromatic carbocycles. The van der Waals surface area contributed by atoms with Crippen LogP contribution in [0.15, 0.2) is 77.5 Å². The van der Waals surface area contributed by atoms with Gasteiger partial charge in [0.15, 0.2) is 11.6 Å². The van der Waals surface area contributed by atoms with Gasteiger partial charge in [0.2, 0.25) is 0 Å². The van der Waals surface area contributed by atoms with Gasteiger partial charge in [-0.1, -0.05) is 43.8 Å². The van der Waals surface area contributed by atoms with Crippen LogP contribution in [0.3, 0.4) is 0 Å². The van der Waals surface area contributed by atoms with Crippen LogP contribution in [0, 0.1) is 39.3 Å². The number of hydrogen-bond donors (Lipinski definition) is 6. The van der Waals surface area contributed by atoms with Gasteiger partial charge in [0.1, 0.15) is 23.3 Å². The van der Waals surface area contributed by atoms with Crippen LogP contribution in [0.25, 0.3) is 44.3 Å². The first kappa shape index (κ1) is 41.3. The predicted octanol–water partition coefficient (Wildman–Crippen LogP) is 8.76. The van der Waals surface area contributed by atoms with E-state index in [2.05, 4.69) is 56.9 Å². The van der Waals surface area contributed by atoms with Crippen molar-refractivity contribution in [1.82, 2.24) is 39.5 Å². The number of aromatic amines is 2. The van der Waals surface area contributed by atoms with Crippen LogP contribution in [-0.2, 0) is 11.1 Å². The molecule has 6 heterocycles. The standard InChI is InChI=1S/C21H20FN5.C13H14BrFN4.C8H8BNO2.CH4/c1-11-17(14-7-5-6-13-8-9-23-18(13)14)15(22)10-16-19(11)27-12(2)25-26-20(27)21(3,4)24-16;1-6-10(14)8(15)5-9-11(6)19-7(2)17-18-12(19)13(3,4)16-9;11-9(12)7-3-1-2-6-4-5-10-8(6)7;/h5-10,23-24H,1-4H3;5,16H,1-4H3;1-5,10-12H;1H4. The molecule has 12 nitrogen and oxygen atoms in total. The van der Waals surface area contributed by atoms with Crippen LogP contribution >= 0.6 is 15.9 Å². The van der Waals surface area contributed by atoms with E-state index in [0.717, 1.165) is 84.5 Å². The van der Waals surface area contributed by atoms with Crippen LogP contribution in [0.1, 0.15) is 69.5 Å². The lowest BCUT2D eigenvalue weighted by atomic mass is 9.79. The van der Waals surface area contributed by atoms with Gasteiger partial charge in [0.05, 0.1) is 43.8 Å². The number of H-pyrrole nitrogens is 2. The molecule has 16 heteroatoms. The molecule has 59 heavy (non-hydrogen) atoms. The number of hydrogen-bond acceptors (Lipinski definition) is 8. The number of halogens is 3. The Hall–Kier alpha value is -5.84. The van der Waals surface area contributed by atoms with Crippen LogP contribution in [-0.4, -0.2) is 56.7 Å². The molecule has 0 atom stereocenters. The Balaban J connectivity index is 0.000000144. The van der Waals surface area contributed by atoms with E-state index in [1.54, 1.807) is 24.4 Å². The smallest absolute Gasteiger partial charge is 0.423 e. The third-order valence-electron chi connectivity index (χ3n) is 10.8. The van der Waals surface area contributed by atoms with Gasteiger partial charge in [-0.15, -0.1) is 20.4 Å². The van der Waals surface area contributed by atoms with E-state index in [9.17, 15) is 4.39 Å². The Kier molecular flexibility index (Phi) is 10.6. The number of para-hydroxylation sites is 2. The molecular formula is C43H46BBrF2N10O2. The van der Waals surface area contributed by atoms with Gasteiger partial charge in [-0.3, -0.25) is 9.13 Å². The summed E-state index contributed by atoms with van der Waals surface area (Å²) in [5.74, 6) is 2.73. The van der Waals surface area contributed by atoms with E-state index in [-0.39, 0.29) is 24.6 Å². The van der Waals surface area contributed by atoms with Crippen molar-refractivity contribution >= 4 is 61.7 Å². The highest BCUT2D eigenvalue weighted by Gasteiger charge is 2.37. The zero-order valence-corrected chi connectivity index (χ0v) is 34.8. The molecule has 0 unspecified atom stereocenters. The van der Waals surface area contributed by atoms with E-state index < -0.39 is 12.7 Å². The minimum absolute atomic E-state index is 0. The summed E-state index contributed by atoms with van der Waals surface area (Å²) in [6.07, 6.45) is 3.66. The van der Waals surface area contributed by atoms with E-state index in [1.165, 1.54) is 6.07 Å². The number of nitrogens with one attached hydrogen (secondary N) is 4. The first-order chi connectivity index (χ1) is 27.5. The van der Waals surface area contributed by atoms with E-state index in [4.69, 9.17) is 10.0 Å². The maximum absolute atomic E-state index is 15.3. The summed E-state index contributed by atoms with van der Waals surface area (Å²) in [7, 11) is -1.41. The third-order valence-corrected chi connectivity index (χ3v) is 11.8. The van der Waals surface area contributed by atoms with Crippen molar-refractivity contribution < 1.29 is 18.8 Å². The summed E-state index contributed by atoms with van der Waals surface area (Å²) in [6, 6.07) is 18.3. The van der Waals surface area contributed by atoms with E-state index in [1.807, 2.05) is 107 Å². The molecule has 4 aromatic heterocycles. The maximum Gasteiger partial charge on any atom is 0.490 e. The zero-order valence-electron chi connectivity index (χ0n) is 33.2. The molecule has 6 N–H and O–H groups in total. The van der Waals surface area contributed by atoms with Gasteiger partial charge >= 0.3 is 7.12 Å². The number of rotatable bonds is 2. The topological polar surface area (TPSA) is 158 Å². The molecule has 0 bridgehead atoms. The summed E-state index contributed by atoms with van der Waals surface area (Å²) in [6.45, 7) is 15.7. The number of benzene rings is 4. The maximum atomic E-state index is 15.3. The second-order valence-corrected chi connectivity index (χ2v) is 16.5. The quantitative estimate of drug-likeness (QED) is 0.0943. The van der Waals surface area contributed by atoms with Crippen molar-refractivity contribution in [1.29, 1.82) is 0 Å². The van der Waals surface area contributed by atoms with Gasteiger partial charge in [-0.25, -0.2) is 8.78 Å². The van der Waals surface area contributed by atoms with Crippen molar-refractivity contribution in [2.45, 2.75) is 73.9 Å². The molecule has 0 fully saturated rings. The molecule has 2 aliphatic heterocycles. The lowest BCUT2D eigenvalue weighted by Crippen LogP contribution is -2.36. The Morgan fingerprint density at radius 1 is 0.661 bits per heavy atom. The number of fused-ring (bicyclic) bond motifs is 8. The minimum Gasteiger partial charge on any atom is -0.423 e. The van der Waals surface area contributed by atoms with Crippen LogP contribution in [0.5, 0.6) is 0 Å². The largest absolute Gasteiger partial charge is 0.490 e. The first-order valence-electron chi connectivity index (χ1n) is 18.7. The fourth-order valence-corrected chi connectivity index (χ4v) is 8.38. The van der Waals surface area contributed by atoms with Gasteiger partial charge in [-0.2, -0.15) is 0 Å². The molecule has 0 aliphatic carbocycles. The highest BCUT2D eigenvalue weighted by atomic mass is 79.9. The Morgan fingerprint density at radius 2 is 1.15 bits per heavy atom. The Bertz CT molecular complexity index is 2890. The second kappa shape index (κ2) is 15.1. The normalized spacial score (nSPS) is 13.9. The van der Waals surface area contributed by atoms with Crippen LogP contribution < -0.4 is 16.1 Å². The van der Waals surface area contributed by atoms with Crippen LogP contribution in [0.4, 0.5) is 20.2 Å². The summed E-state index contributed by atoms with van der Waals surface area (Å²) in [5.41, 5.74) is 7.89. The molecule has 0 amide bonds. The SMILES string of the molecule is C.Cc1c(-c2cccc3cc[nH]c23)c(F)cc2c1-n1c(C)nnc1C(C)(C)N2.Cc1c(Br)c(F)cc2c1-n1c(C)nnc1C(C)(C)N2.OB(O)c1cccc2cc[nH]c12. The molecule has 0 saturated carbocycles. The average molecular weight is 864 g/mol. The Labute approximate surface area is 349 Å². The second-order valence-electron chi connectivity index (χ2n) is 15.7. The van der Waals surface area contributed by atoms with Crippen molar-refractivity contribution in [2.24, 2.45) is 0 Å². The summed E-state index contributed by atoms with van der Waals surface area (Å²) in [5, 5.41) is 43.8. The van der Waals surface area contributed by atoms with Gasteiger partial charge in [0, 0.05) is 40.6 Å². The number of aromatic nitrogens is 8. The molecule has 0 spiro atoms. The van der Waals surface area contributed by atoms with E-state index >= 15 is 4.39 Å². The first-order valence-corrected chi connectivity index (χ1v) is 19.5. The number of anilines is 2. The van der Waals surface area contributed by atoms with Crippen molar-refractivity contribution in [3.63, 3.8) is 0 Å². The lowest BCUT2D eigenvalue weighted by Gasteiger charge is -2.35. The molecule has 2 aliphatic rings. The fourth-order valence-electron chi connectivity index (χ4n) is 8.08. The van der Waals surface area contributed by atoms with E-state index in [0.29, 0.717) is 15.5 Å². The van der Waals surface area contributed by atoms with Gasteiger partial charge < -0.3 is 30.6 Å². The van der Waals surface area contributed by atoms with Crippen molar-refractivity contribution in [3.8, 4) is 22.5 Å². The highest BCUT2D eigenvalue weighted by molar-refractivity contribution is 9.10. The minimum atomic E-state index is -1.41. The predicted molar refractivity (Wildman–Crippen MR) is 235 cm³/mol. The molecule has 8 aromatic rings. The Morgan fingerprint density at radius 3 is 1.71 bits per heavy atom. The summed E-state index contributed by atoms with van der Waals surface area (Å²) in [4.78, 5) is 6.20. The van der Waals surface area contributed by atoms with Crippen molar-refractivity contribution in [3.05, 3.63) is 124 Å². The number of nitrogens with zero attached hydrogens (tertiary/aromatic N) is 6. The summed E-state index contributed by atoms with van der Waals surface area (Å²) >= 11 is 3.29. The molecular weight excluding hydrogens is 817 g/mol. The number of aryl methyl sites for hydroxylation is 2. The van der Waals surface area contributed by atoms with Crippen molar-refractivity contribution in [2.75, 3.05) is 10.6 Å². The van der Waals surface area contributed by atoms with Gasteiger partial charge in [-0.05, 0) is 111 Å². The fraction of sp³-hybridized carbons (Fsp3) is 0.256. The lowest BCUT2D eigenvalue weighted by molar-refractivity contribution is 0.426. The highest BCUT2D eigenvalue weighted by Crippen LogP contribution is 2.44. The molecule has 304 valence electrons. The molecule has 0 saturated heterocycles. The average Bonchev–Trinajstić information content (AvgIpc) is 3.98. The van der Waals surface area contributed by atoms with Gasteiger partial charge in [0.25, 0.3) is 0 Å². The zero-order chi connectivity index (χ0) is 41.4. The van der Waals surface area contributed by atoms with Crippen LogP contribution in [0.2, 0.25) is 0 Å². The monoisotopic (exact) mass is 862 g/mol. The summed E-state index contributed by atoms with van der Waals surface area (Å²) < 4.78 is 33.7. The third kappa shape index (κ3) is 6.88. The molecule has 10 rings (SSSR count).